The van der Waals surface area contributed by atoms with Gasteiger partial charge in [0.05, 0.1) is 37.0 Å². The van der Waals surface area contributed by atoms with Crippen LogP contribution in [0.2, 0.25) is 0 Å². The number of benzene rings is 1. The number of pyridine rings is 1. The fourth-order valence-corrected chi connectivity index (χ4v) is 4.38. The lowest BCUT2D eigenvalue weighted by atomic mass is 10.1. The van der Waals surface area contributed by atoms with E-state index in [0.717, 1.165) is 32.4 Å². The molecule has 0 bridgehead atoms. The van der Waals surface area contributed by atoms with Gasteiger partial charge in [0.15, 0.2) is 0 Å². The lowest BCUT2D eigenvalue weighted by Crippen LogP contribution is -2.40. The summed E-state index contributed by atoms with van der Waals surface area (Å²) in [6.07, 6.45) is 3.49. The number of methoxy groups -OCH3 is 2. The highest BCUT2D eigenvalue weighted by Crippen LogP contribution is 2.46. The van der Waals surface area contributed by atoms with E-state index in [1.165, 1.54) is 11.3 Å². The van der Waals surface area contributed by atoms with Gasteiger partial charge in [-0.1, -0.05) is 0 Å². The van der Waals surface area contributed by atoms with Crippen LogP contribution < -0.4 is 9.47 Å². The number of hydrogen-bond donors (Lipinski definition) is 0. The molecule has 7 heteroatoms. The van der Waals surface area contributed by atoms with Crippen molar-refractivity contribution in [1.29, 1.82) is 0 Å². The Morgan fingerprint density at radius 3 is 2.64 bits per heavy atom. The molecule has 0 atom stereocenters. The summed E-state index contributed by atoms with van der Waals surface area (Å²) in [5, 5.41) is 2.67. The summed E-state index contributed by atoms with van der Waals surface area (Å²) in [7, 11) is 3.28. The van der Waals surface area contributed by atoms with E-state index in [0.29, 0.717) is 31.2 Å². The van der Waals surface area contributed by atoms with Gasteiger partial charge in [-0.3, -0.25) is 9.78 Å². The summed E-state index contributed by atoms with van der Waals surface area (Å²) in [5.41, 5.74) is 0. The van der Waals surface area contributed by atoms with Crippen molar-refractivity contribution in [2.45, 2.75) is 0 Å². The summed E-state index contributed by atoms with van der Waals surface area (Å²) in [6, 6.07) is 3.80. The van der Waals surface area contributed by atoms with E-state index in [9.17, 15) is 4.79 Å². The van der Waals surface area contributed by atoms with Crippen molar-refractivity contribution < 1.29 is 19.0 Å². The summed E-state index contributed by atoms with van der Waals surface area (Å²) in [4.78, 5) is 19.6. The van der Waals surface area contributed by atoms with Crippen molar-refractivity contribution in [3.05, 3.63) is 29.4 Å². The number of carbonyl (C=O) groups is 1. The molecule has 4 rings (SSSR count). The number of morpholine rings is 1. The number of nitrogens with zero attached hydrogens (tertiary/aromatic N) is 2. The number of thiophene rings is 1. The molecule has 1 aromatic carbocycles. The summed E-state index contributed by atoms with van der Waals surface area (Å²) in [5.74, 6) is 1.49. The van der Waals surface area contributed by atoms with Crippen LogP contribution in [0.15, 0.2) is 24.5 Å². The largest absolute Gasteiger partial charge is 0.495 e. The van der Waals surface area contributed by atoms with Gasteiger partial charge in [-0.05, 0) is 12.1 Å². The standard InChI is InChI=1S/C18H18N2O4S/c1-22-15-12-9-14(18(21)20-5-7-24-8-6-20)25-17(12)16(23-2)11-3-4-19-10-13(11)15/h3-4,9-10H,5-8H2,1-2H3. The molecule has 1 saturated heterocycles. The number of carbonyl (C=O) groups excluding carboxylic acids is 1. The Hall–Kier alpha value is -2.38. The molecule has 0 N–H and O–H groups in total. The van der Waals surface area contributed by atoms with Crippen LogP contribution in [0.3, 0.4) is 0 Å². The first-order valence-electron chi connectivity index (χ1n) is 8.02. The third kappa shape index (κ3) is 2.60. The van der Waals surface area contributed by atoms with E-state index in [2.05, 4.69) is 4.98 Å². The zero-order valence-corrected chi connectivity index (χ0v) is 14.9. The molecule has 1 aliphatic heterocycles. The molecule has 1 amide bonds. The minimum absolute atomic E-state index is 0.0239. The second kappa shape index (κ2) is 6.50. The van der Waals surface area contributed by atoms with Gasteiger partial charge in [0, 0.05) is 41.6 Å². The van der Waals surface area contributed by atoms with Crippen molar-refractivity contribution in [2.75, 3.05) is 40.5 Å². The van der Waals surface area contributed by atoms with E-state index in [1.807, 2.05) is 17.0 Å². The van der Waals surface area contributed by atoms with Crippen LogP contribution in [0.25, 0.3) is 20.9 Å². The number of aromatic nitrogens is 1. The zero-order valence-electron chi connectivity index (χ0n) is 14.1. The molecule has 0 aliphatic carbocycles. The predicted octanol–water partition coefficient (Wildman–Crippen LogP) is 2.94. The highest BCUT2D eigenvalue weighted by Gasteiger charge is 2.24. The SMILES string of the molecule is COc1c2cnccc2c(OC)c2sc(C(=O)N3CCOCC3)cc12. The first-order chi connectivity index (χ1) is 12.2. The second-order valence-corrected chi connectivity index (χ2v) is 6.80. The molecule has 2 aromatic heterocycles. The second-order valence-electron chi connectivity index (χ2n) is 5.75. The van der Waals surface area contributed by atoms with Crippen molar-refractivity contribution in [3.8, 4) is 11.5 Å². The van der Waals surface area contributed by atoms with Crippen LogP contribution in [0.1, 0.15) is 9.67 Å². The van der Waals surface area contributed by atoms with Crippen LogP contribution in [-0.4, -0.2) is 56.3 Å². The number of fused-ring (bicyclic) bond motifs is 2. The van der Waals surface area contributed by atoms with E-state index < -0.39 is 0 Å². The van der Waals surface area contributed by atoms with E-state index in [-0.39, 0.29) is 5.91 Å². The van der Waals surface area contributed by atoms with Gasteiger partial charge in [-0.2, -0.15) is 0 Å². The van der Waals surface area contributed by atoms with Crippen LogP contribution in [0.4, 0.5) is 0 Å². The highest BCUT2D eigenvalue weighted by molar-refractivity contribution is 7.21. The van der Waals surface area contributed by atoms with Crippen LogP contribution in [0, 0.1) is 0 Å². The van der Waals surface area contributed by atoms with Gasteiger partial charge in [0.1, 0.15) is 11.5 Å². The van der Waals surface area contributed by atoms with E-state index in [4.69, 9.17) is 14.2 Å². The fraction of sp³-hybridized carbons (Fsp3) is 0.333. The maximum Gasteiger partial charge on any atom is 0.264 e. The molecule has 0 saturated carbocycles. The Morgan fingerprint density at radius 1 is 1.16 bits per heavy atom. The smallest absolute Gasteiger partial charge is 0.264 e. The van der Waals surface area contributed by atoms with Gasteiger partial charge >= 0.3 is 0 Å². The van der Waals surface area contributed by atoms with Gasteiger partial charge in [0.25, 0.3) is 5.91 Å². The molecule has 130 valence electrons. The highest BCUT2D eigenvalue weighted by atomic mass is 32.1. The van der Waals surface area contributed by atoms with Crippen molar-refractivity contribution in [1.82, 2.24) is 9.88 Å². The topological polar surface area (TPSA) is 60.9 Å². The first-order valence-corrected chi connectivity index (χ1v) is 8.84. The Kier molecular flexibility index (Phi) is 4.19. The number of rotatable bonds is 3. The third-order valence-corrected chi connectivity index (χ3v) is 5.53. The molecule has 1 fully saturated rings. The molecule has 3 heterocycles. The predicted molar refractivity (Wildman–Crippen MR) is 97.0 cm³/mol. The Labute approximate surface area is 148 Å². The van der Waals surface area contributed by atoms with Crippen molar-refractivity contribution >= 4 is 38.1 Å². The lowest BCUT2D eigenvalue weighted by Gasteiger charge is -2.26. The first kappa shape index (κ1) is 16.1. The molecule has 3 aromatic rings. The molecule has 6 nitrogen and oxygen atoms in total. The fourth-order valence-electron chi connectivity index (χ4n) is 3.22. The average molecular weight is 358 g/mol. The maximum atomic E-state index is 12.8. The Bertz CT molecular complexity index is 887. The molecule has 25 heavy (non-hydrogen) atoms. The summed E-state index contributed by atoms with van der Waals surface area (Å²) < 4.78 is 17.6. The minimum atomic E-state index is 0.0239. The Morgan fingerprint density at radius 2 is 1.92 bits per heavy atom. The molecule has 0 unspecified atom stereocenters. The third-order valence-electron chi connectivity index (χ3n) is 4.41. The van der Waals surface area contributed by atoms with Gasteiger partial charge < -0.3 is 19.1 Å². The molecule has 0 spiro atoms. The molecule has 1 aliphatic rings. The number of hydrogen-bond acceptors (Lipinski definition) is 6. The molecular weight excluding hydrogens is 340 g/mol. The minimum Gasteiger partial charge on any atom is -0.495 e. The van der Waals surface area contributed by atoms with Gasteiger partial charge in [-0.15, -0.1) is 11.3 Å². The van der Waals surface area contributed by atoms with Crippen molar-refractivity contribution in [3.63, 3.8) is 0 Å². The van der Waals surface area contributed by atoms with Crippen LogP contribution in [-0.2, 0) is 4.74 Å². The van der Waals surface area contributed by atoms with Crippen molar-refractivity contribution in [2.24, 2.45) is 0 Å². The number of ether oxygens (including phenoxy) is 3. The quantitative estimate of drug-likeness (QED) is 0.720. The summed E-state index contributed by atoms with van der Waals surface area (Å²) in [6.45, 7) is 2.40. The normalized spacial score (nSPS) is 14.9. The maximum absolute atomic E-state index is 12.8. The van der Waals surface area contributed by atoms with E-state index in [1.54, 1.807) is 26.6 Å². The van der Waals surface area contributed by atoms with Crippen LogP contribution in [0.5, 0.6) is 11.5 Å². The monoisotopic (exact) mass is 358 g/mol. The van der Waals surface area contributed by atoms with Crippen LogP contribution >= 0.6 is 11.3 Å². The van der Waals surface area contributed by atoms with E-state index >= 15 is 0 Å². The van der Waals surface area contributed by atoms with Gasteiger partial charge in [0.2, 0.25) is 0 Å². The lowest BCUT2D eigenvalue weighted by molar-refractivity contribution is 0.0306. The van der Waals surface area contributed by atoms with Gasteiger partial charge in [-0.25, -0.2) is 0 Å². The molecular formula is C18H18N2O4S. The summed E-state index contributed by atoms with van der Waals surface area (Å²) >= 11 is 1.44. The molecule has 0 radical (unpaired) electrons. The Balaban J connectivity index is 1.92. The number of amides is 1. The average Bonchev–Trinajstić information content (AvgIpc) is 3.10. The zero-order chi connectivity index (χ0) is 17.4.